The second-order valence-corrected chi connectivity index (χ2v) is 2.38. The van der Waals surface area contributed by atoms with Gasteiger partial charge in [-0.2, -0.15) is 13.2 Å². The van der Waals surface area contributed by atoms with E-state index in [1.54, 1.807) is 0 Å². The van der Waals surface area contributed by atoms with Crippen molar-refractivity contribution in [3.63, 3.8) is 0 Å². The lowest BCUT2D eigenvalue weighted by molar-refractivity contribution is -0.139. The molecule has 0 aliphatic rings. The highest BCUT2D eigenvalue weighted by atomic mass is 19.4. The fourth-order valence-electron chi connectivity index (χ4n) is 0.872. The number of rotatable bonds is 2. The van der Waals surface area contributed by atoms with Crippen molar-refractivity contribution in [1.29, 1.82) is 0 Å². The molecule has 0 amide bonds. The molecule has 0 unspecified atom stereocenters. The molecule has 0 aromatic carbocycles. The summed E-state index contributed by atoms with van der Waals surface area (Å²) in [6.45, 7) is 0. The van der Waals surface area contributed by atoms with Crippen molar-refractivity contribution in [2.75, 3.05) is 0 Å². The van der Waals surface area contributed by atoms with E-state index in [9.17, 15) is 18.0 Å². The predicted molar refractivity (Wildman–Crippen MR) is 35.0 cm³/mol. The van der Waals surface area contributed by atoms with Crippen molar-refractivity contribution in [1.82, 2.24) is 0 Å². The molecule has 1 rings (SSSR count). The first kappa shape index (κ1) is 9.63. The molecule has 0 radical (unpaired) electrons. The number of alkyl halides is 3. The van der Waals surface area contributed by atoms with Crippen LogP contribution in [0.25, 0.3) is 0 Å². The van der Waals surface area contributed by atoms with Gasteiger partial charge in [0.05, 0.1) is 18.2 Å². The molecule has 13 heavy (non-hydrogen) atoms. The van der Waals surface area contributed by atoms with Gasteiger partial charge in [-0.3, -0.25) is 4.79 Å². The van der Waals surface area contributed by atoms with Crippen LogP contribution in [0.2, 0.25) is 0 Å². The maximum absolute atomic E-state index is 12.1. The summed E-state index contributed by atoms with van der Waals surface area (Å²) in [5, 5.41) is 8.27. The summed E-state index contributed by atoms with van der Waals surface area (Å²) >= 11 is 0. The Morgan fingerprint density at radius 1 is 1.46 bits per heavy atom. The summed E-state index contributed by atoms with van der Waals surface area (Å²) in [5.74, 6) is -1.33. The Balaban J connectivity index is 2.96. The third-order valence-electron chi connectivity index (χ3n) is 1.39. The van der Waals surface area contributed by atoms with Gasteiger partial charge < -0.3 is 9.52 Å². The van der Waals surface area contributed by atoms with Crippen LogP contribution in [0.1, 0.15) is 11.1 Å². The minimum Gasteiger partial charge on any atom is -0.481 e. The van der Waals surface area contributed by atoms with Gasteiger partial charge in [-0.05, 0) is 0 Å². The largest absolute Gasteiger partial charge is 0.481 e. The summed E-state index contributed by atoms with van der Waals surface area (Å²) in [4.78, 5) is 10.1. The van der Waals surface area contributed by atoms with Crippen molar-refractivity contribution >= 4 is 5.97 Å². The average molecular weight is 194 g/mol. The van der Waals surface area contributed by atoms with Crippen LogP contribution in [0.3, 0.4) is 0 Å². The molecule has 1 aromatic heterocycles. The van der Waals surface area contributed by atoms with E-state index in [1.165, 1.54) is 0 Å². The second kappa shape index (κ2) is 3.12. The highest BCUT2D eigenvalue weighted by Crippen LogP contribution is 2.32. The molecule has 0 aliphatic heterocycles. The fourth-order valence-corrected chi connectivity index (χ4v) is 0.872. The Morgan fingerprint density at radius 2 is 2.08 bits per heavy atom. The molecule has 72 valence electrons. The summed E-state index contributed by atoms with van der Waals surface area (Å²) in [5.41, 5.74) is -1.39. The van der Waals surface area contributed by atoms with Crippen LogP contribution in [0.5, 0.6) is 0 Å². The monoisotopic (exact) mass is 194 g/mol. The standard InChI is InChI=1S/C7H5F3O3/c8-7(9,10)5-3-13-2-4(5)1-6(11)12/h2-3H,1H2,(H,11,12). The van der Waals surface area contributed by atoms with Gasteiger partial charge in [0.25, 0.3) is 0 Å². The topological polar surface area (TPSA) is 50.4 Å². The SMILES string of the molecule is O=C(O)Cc1cocc1C(F)(F)F. The number of hydrogen-bond donors (Lipinski definition) is 1. The second-order valence-electron chi connectivity index (χ2n) is 2.38. The van der Waals surface area contributed by atoms with Gasteiger partial charge in [0.2, 0.25) is 0 Å². The van der Waals surface area contributed by atoms with Crippen LogP contribution in [0, 0.1) is 0 Å². The molecule has 0 saturated heterocycles. The molecular formula is C7H5F3O3. The van der Waals surface area contributed by atoms with E-state index in [0.29, 0.717) is 6.26 Å². The van der Waals surface area contributed by atoms with Crippen LogP contribution in [0.4, 0.5) is 13.2 Å². The summed E-state index contributed by atoms with van der Waals surface area (Å²) in [7, 11) is 0. The van der Waals surface area contributed by atoms with Gasteiger partial charge in [0.1, 0.15) is 6.26 Å². The van der Waals surface area contributed by atoms with E-state index in [-0.39, 0.29) is 5.56 Å². The quantitative estimate of drug-likeness (QED) is 0.782. The van der Waals surface area contributed by atoms with Crippen LogP contribution in [-0.4, -0.2) is 11.1 Å². The molecule has 0 saturated carbocycles. The Kier molecular flexibility index (Phi) is 2.31. The lowest BCUT2D eigenvalue weighted by atomic mass is 10.1. The normalized spacial score (nSPS) is 11.6. The van der Waals surface area contributed by atoms with Gasteiger partial charge in [0.15, 0.2) is 0 Å². The molecule has 6 heteroatoms. The zero-order valence-corrected chi connectivity index (χ0v) is 6.26. The van der Waals surface area contributed by atoms with Crippen molar-refractivity contribution < 1.29 is 27.5 Å². The Morgan fingerprint density at radius 3 is 2.54 bits per heavy atom. The average Bonchev–Trinajstić information content (AvgIpc) is 2.31. The first-order valence-corrected chi connectivity index (χ1v) is 3.25. The number of carboxylic acid groups (broad SMARTS) is 1. The van der Waals surface area contributed by atoms with Gasteiger partial charge in [-0.15, -0.1) is 0 Å². The molecule has 3 nitrogen and oxygen atoms in total. The number of aliphatic carboxylic acids is 1. The van der Waals surface area contributed by atoms with Crippen LogP contribution < -0.4 is 0 Å². The first-order chi connectivity index (χ1) is 5.91. The van der Waals surface area contributed by atoms with Crippen LogP contribution >= 0.6 is 0 Å². The minimum absolute atomic E-state index is 0.361. The van der Waals surface area contributed by atoms with Crippen molar-refractivity contribution in [3.05, 3.63) is 23.7 Å². The lowest BCUT2D eigenvalue weighted by Crippen LogP contribution is -2.09. The highest BCUT2D eigenvalue weighted by Gasteiger charge is 2.35. The minimum atomic E-state index is -4.56. The van der Waals surface area contributed by atoms with E-state index in [4.69, 9.17) is 5.11 Å². The highest BCUT2D eigenvalue weighted by molar-refractivity contribution is 5.70. The summed E-state index contributed by atoms with van der Waals surface area (Å²) in [6, 6.07) is 0. The van der Waals surface area contributed by atoms with Crippen molar-refractivity contribution in [2.45, 2.75) is 12.6 Å². The lowest BCUT2D eigenvalue weighted by Gasteiger charge is -2.04. The third-order valence-corrected chi connectivity index (χ3v) is 1.39. The van der Waals surface area contributed by atoms with Gasteiger partial charge in [-0.25, -0.2) is 0 Å². The van der Waals surface area contributed by atoms with Crippen molar-refractivity contribution in [3.8, 4) is 0 Å². The number of carboxylic acids is 1. The number of furan rings is 1. The maximum atomic E-state index is 12.1. The molecule has 0 fully saturated rings. The molecule has 0 bridgehead atoms. The molecule has 0 spiro atoms. The van der Waals surface area contributed by atoms with E-state index in [0.717, 1.165) is 6.26 Å². The van der Waals surface area contributed by atoms with E-state index >= 15 is 0 Å². The first-order valence-electron chi connectivity index (χ1n) is 3.25. The maximum Gasteiger partial charge on any atom is 0.419 e. The summed E-state index contributed by atoms with van der Waals surface area (Å²) in [6.07, 6.45) is -3.96. The molecule has 1 aromatic rings. The predicted octanol–water partition coefficient (Wildman–Crippen LogP) is 1.93. The molecule has 1 N–H and O–H groups in total. The summed E-state index contributed by atoms with van der Waals surface area (Å²) < 4.78 is 40.5. The number of carbonyl (C=O) groups is 1. The smallest absolute Gasteiger partial charge is 0.419 e. The van der Waals surface area contributed by atoms with Gasteiger partial charge >= 0.3 is 12.1 Å². The molecule has 1 heterocycles. The van der Waals surface area contributed by atoms with E-state index in [1.807, 2.05) is 0 Å². The third kappa shape index (κ3) is 2.24. The zero-order chi connectivity index (χ0) is 10.1. The number of hydrogen-bond acceptors (Lipinski definition) is 2. The Hall–Kier alpha value is -1.46. The van der Waals surface area contributed by atoms with E-state index in [2.05, 4.69) is 4.42 Å². The van der Waals surface area contributed by atoms with Crippen LogP contribution in [-0.2, 0) is 17.4 Å². The molecule has 0 aliphatic carbocycles. The van der Waals surface area contributed by atoms with Gasteiger partial charge in [0, 0.05) is 5.56 Å². The number of halogens is 3. The molecular weight excluding hydrogens is 189 g/mol. The van der Waals surface area contributed by atoms with Crippen LogP contribution in [0.15, 0.2) is 16.9 Å². The molecule has 0 atom stereocenters. The van der Waals surface area contributed by atoms with E-state index < -0.39 is 24.1 Å². The Bertz CT molecular complexity index is 313. The van der Waals surface area contributed by atoms with Crippen molar-refractivity contribution in [2.24, 2.45) is 0 Å². The van der Waals surface area contributed by atoms with Gasteiger partial charge in [-0.1, -0.05) is 0 Å². The Labute approximate surface area is 70.8 Å². The fraction of sp³-hybridized carbons (Fsp3) is 0.286. The zero-order valence-electron chi connectivity index (χ0n) is 6.26.